The zero-order valence-electron chi connectivity index (χ0n) is 9.65. The van der Waals surface area contributed by atoms with E-state index in [0.29, 0.717) is 5.58 Å². The lowest BCUT2D eigenvalue weighted by molar-refractivity contribution is -0.137. The van der Waals surface area contributed by atoms with Gasteiger partial charge in [0.05, 0.1) is 6.61 Å². The summed E-state index contributed by atoms with van der Waals surface area (Å²) in [5.74, 6) is -0.723. The number of carbonyl (C=O) groups is 2. The van der Waals surface area contributed by atoms with Gasteiger partial charge >= 0.3 is 5.97 Å². The number of fused-ring (bicyclic) bond motifs is 1. The van der Waals surface area contributed by atoms with E-state index in [1.807, 2.05) is 13.0 Å². The maximum absolute atomic E-state index is 11.7. The van der Waals surface area contributed by atoms with Crippen LogP contribution in [0, 0.1) is 6.92 Å². The highest BCUT2D eigenvalue weighted by atomic mass is 16.5. The molecule has 0 aliphatic heterocycles. The van der Waals surface area contributed by atoms with Gasteiger partial charge in [-0.25, -0.2) is 4.79 Å². The summed E-state index contributed by atoms with van der Waals surface area (Å²) in [5.41, 5.74) is 0.878. The fourth-order valence-corrected chi connectivity index (χ4v) is 1.62. The first-order valence-electron chi connectivity index (χ1n) is 5.33. The van der Waals surface area contributed by atoms with Crippen LogP contribution in [0.25, 0.3) is 11.0 Å². The fourth-order valence-electron chi connectivity index (χ4n) is 1.62. The molecule has 88 valence electrons. The molecule has 17 heavy (non-hydrogen) atoms. The minimum absolute atomic E-state index is 0.187. The molecule has 1 heterocycles. The van der Waals surface area contributed by atoms with Crippen molar-refractivity contribution in [1.82, 2.24) is 0 Å². The Morgan fingerprint density at radius 1 is 1.29 bits per heavy atom. The molecule has 0 fully saturated rings. The Kier molecular flexibility index (Phi) is 2.95. The Balaban J connectivity index is 2.35. The standard InChI is InChI=1S/C13H12O4/c1-3-16-13(15)12(14)10-5-4-9-6-8(2)17-11(9)7-10/h4-7H,3H2,1-2H3. The Bertz CT molecular complexity index is 580. The zero-order chi connectivity index (χ0) is 12.4. The number of Topliss-reactive ketones (excluding diaryl/α,β-unsaturated/α-hetero) is 1. The largest absolute Gasteiger partial charge is 0.461 e. The van der Waals surface area contributed by atoms with Crippen LogP contribution < -0.4 is 0 Å². The van der Waals surface area contributed by atoms with Gasteiger partial charge in [-0.2, -0.15) is 0 Å². The van der Waals surface area contributed by atoms with E-state index in [9.17, 15) is 9.59 Å². The van der Waals surface area contributed by atoms with E-state index in [0.717, 1.165) is 11.1 Å². The van der Waals surface area contributed by atoms with Crippen molar-refractivity contribution in [2.75, 3.05) is 6.61 Å². The van der Waals surface area contributed by atoms with Crippen LogP contribution in [0.2, 0.25) is 0 Å². The second-order valence-electron chi connectivity index (χ2n) is 3.66. The third kappa shape index (κ3) is 2.20. The van der Waals surface area contributed by atoms with E-state index >= 15 is 0 Å². The lowest BCUT2D eigenvalue weighted by Crippen LogP contribution is -2.17. The van der Waals surface area contributed by atoms with Crippen molar-refractivity contribution >= 4 is 22.7 Å². The third-order valence-corrected chi connectivity index (χ3v) is 2.37. The molecule has 2 aromatic rings. The van der Waals surface area contributed by atoms with Crippen molar-refractivity contribution in [3.8, 4) is 0 Å². The smallest absolute Gasteiger partial charge is 0.379 e. The van der Waals surface area contributed by atoms with Crippen LogP contribution >= 0.6 is 0 Å². The second-order valence-corrected chi connectivity index (χ2v) is 3.66. The molecule has 0 atom stereocenters. The number of aryl methyl sites for hydroxylation is 1. The van der Waals surface area contributed by atoms with Gasteiger partial charge in [0.15, 0.2) is 0 Å². The highest BCUT2D eigenvalue weighted by Gasteiger charge is 2.18. The van der Waals surface area contributed by atoms with E-state index in [4.69, 9.17) is 4.42 Å². The molecule has 0 bridgehead atoms. The topological polar surface area (TPSA) is 56.5 Å². The maximum Gasteiger partial charge on any atom is 0.379 e. The quantitative estimate of drug-likeness (QED) is 0.463. The third-order valence-electron chi connectivity index (χ3n) is 2.37. The minimum Gasteiger partial charge on any atom is -0.461 e. The van der Waals surface area contributed by atoms with Gasteiger partial charge in [-0.1, -0.05) is 6.07 Å². The Labute approximate surface area is 98.2 Å². The van der Waals surface area contributed by atoms with Crippen LogP contribution in [0.3, 0.4) is 0 Å². The molecule has 0 saturated heterocycles. The summed E-state index contributed by atoms with van der Waals surface area (Å²) >= 11 is 0. The van der Waals surface area contributed by atoms with Crippen LogP contribution in [0.5, 0.6) is 0 Å². The minimum atomic E-state index is -0.838. The average Bonchev–Trinajstić information content (AvgIpc) is 2.67. The van der Waals surface area contributed by atoms with Gasteiger partial charge in [0, 0.05) is 10.9 Å². The maximum atomic E-state index is 11.7. The van der Waals surface area contributed by atoms with E-state index in [2.05, 4.69) is 4.74 Å². The number of rotatable bonds is 3. The summed E-state index contributed by atoms with van der Waals surface area (Å²) in [5, 5.41) is 0.905. The number of benzene rings is 1. The first-order chi connectivity index (χ1) is 8.11. The molecule has 0 unspecified atom stereocenters. The monoisotopic (exact) mass is 232 g/mol. The van der Waals surface area contributed by atoms with Crippen LogP contribution in [-0.2, 0) is 9.53 Å². The summed E-state index contributed by atoms with van der Waals surface area (Å²) in [6, 6.07) is 6.77. The first kappa shape index (κ1) is 11.4. The number of hydrogen-bond acceptors (Lipinski definition) is 4. The highest BCUT2D eigenvalue weighted by Crippen LogP contribution is 2.20. The summed E-state index contributed by atoms with van der Waals surface area (Å²) in [7, 11) is 0. The number of ketones is 1. The summed E-state index contributed by atoms with van der Waals surface area (Å²) in [6.45, 7) is 3.67. The van der Waals surface area contributed by atoms with Gasteiger partial charge in [-0.05, 0) is 32.0 Å². The normalized spacial score (nSPS) is 10.5. The number of carbonyl (C=O) groups excluding carboxylic acids is 2. The van der Waals surface area contributed by atoms with Crippen molar-refractivity contribution in [3.63, 3.8) is 0 Å². The lowest BCUT2D eigenvalue weighted by atomic mass is 10.1. The molecule has 4 heteroatoms. The molecule has 0 radical (unpaired) electrons. The van der Waals surface area contributed by atoms with Crippen molar-refractivity contribution in [2.24, 2.45) is 0 Å². The van der Waals surface area contributed by atoms with E-state index in [1.165, 1.54) is 0 Å². The highest BCUT2D eigenvalue weighted by molar-refractivity contribution is 6.40. The molecular formula is C13H12O4. The van der Waals surface area contributed by atoms with E-state index in [-0.39, 0.29) is 12.2 Å². The molecule has 4 nitrogen and oxygen atoms in total. The average molecular weight is 232 g/mol. The van der Waals surface area contributed by atoms with Gasteiger partial charge in [0.1, 0.15) is 11.3 Å². The molecule has 0 N–H and O–H groups in total. The second kappa shape index (κ2) is 4.41. The molecule has 0 saturated carbocycles. The van der Waals surface area contributed by atoms with Crippen LogP contribution in [0.4, 0.5) is 0 Å². The van der Waals surface area contributed by atoms with Gasteiger partial charge in [0.2, 0.25) is 0 Å². The van der Waals surface area contributed by atoms with Crippen LogP contribution in [-0.4, -0.2) is 18.4 Å². The number of ether oxygens (including phenoxy) is 1. The molecule has 1 aromatic carbocycles. The molecule has 0 amide bonds. The van der Waals surface area contributed by atoms with Gasteiger partial charge in [0.25, 0.3) is 5.78 Å². The van der Waals surface area contributed by atoms with E-state index < -0.39 is 11.8 Å². The van der Waals surface area contributed by atoms with Gasteiger partial charge < -0.3 is 9.15 Å². The van der Waals surface area contributed by atoms with Gasteiger partial charge in [-0.3, -0.25) is 4.79 Å². The Hall–Kier alpha value is -2.10. The van der Waals surface area contributed by atoms with Crippen molar-refractivity contribution in [3.05, 3.63) is 35.6 Å². The van der Waals surface area contributed by atoms with Crippen LogP contribution in [0.15, 0.2) is 28.7 Å². The number of furan rings is 1. The summed E-state index contributed by atoms with van der Waals surface area (Å²) < 4.78 is 10.1. The first-order valence-corrected chi connectivity index (χ1v) is 5.33. The number of hydrogen-bond donors (Lipinski definition) is 0. The summed E-state index contributed by atoms with van der Waals surface area (Å²) in [6.07, 6.45) is 0. The fraction of sp³-hybridized carbons (Fsp3) is 0.231. The molecular weight excluding hydrogens is 220 g/mol. The zero-order valence-corrected chi connectivity index (χ0v) is 9.65. The van der Waals surface area contributed by atoms with Crippen molar-refractivity contribution in [2.45, 2.75) is 13.8 Å². The number of esters is 1. The predicted molar refractivity (Wildman–Crippen MR) is 61.9 cm³/mol. The van der Waals surface area contributed by atoms with Gasteiger partial charge in [-0.15, -0.1) is 0 Å². The van der Waals surface area contributed by atoms with Crippen molar-refractivity contribution < 1.29 is 18.7 Å². The van der Waals surface area contributed by atoms with Crippen LogP contribution in [0.1, 0.15) is 23.0 Å². The predicted octanol–water partition coefficient (Wildman–Crippen LogP) is 2.49. The lowest BCUT2D eigenvalue weighted by Gasteiger charge is -2.00. The molecule has 0 aliphatic carbocycles. The summed E-state index contributed by atoms with van der Waals surface area (Å²) in [4.78, 5) is 23.0. The van der Waals surface area contributed by atoms with E-state index in [1.54, 1.807) is 25.1 Å². The Morgan fingerprint density at radius 2 is 2.06 bits per heavy atom. The SMILES string of the molecule is CCOC(=O)C(=O)c1ccc2cc(C)oc2c1. The molecule has 0 spiro atoms. The van der Waals surface area contributed by atoms with Crippen molar-refractivity contribution in [1.29, 1.82) is 0 Å². The Morgan fingerprint density at radius 3 is 2.76 bits per heavy atom. The molecule has 2 rings (SSSR count). The molecule has 1 aromatic heterocycles. The molecule has 0 aliphatic rings.